The molecule has 0 radical (unpaired) electrons. The second-order valence-corrected chi connectivity index (χ2v) is 3.04. The summed E-state index contributed by atoms with van der Waals surface area (Å²) >= 11 is 6.11. The van der Waals surface area contributed by atoms with Gasteiger partial charge in [-0.15, -0.1) is 6.58 Å². The molecule has 0 aliphatic rings. The molecule has 0 aliphatic carbocycles. The van der Waals surface area contributed by atoms with E-state index in [1.54, 1.807) is 6.08 Å². The lowest BCUT2D eigenvalue weighted by Crippen LogP contribution is -2.16. The Kier molecular flexibility index (Phi) is 4.75. The van der Waals surface area contributed by atoms with Gasteiger partial charge in [0.2, 0.25) is 0 Å². The number of thiocarbonyl (C=S) groups is 1. The van der Waals surface area contributed by atoms with Gasteiger partial charge in [0.05, 0.1) is 0 Å². The molecule has 1 N–H and O–H groups in total. The van der Waals surface area contributed by atoms with Gasteiger partial charge in [0.15, 0.2) is 4.32 Å². The van der Waals surface area contributed by atoms with Crippen LogP contribution in [0.3, 0.4) is 0 Å². The Balaban J connectivity index is 3.38. The first kappa shape index (κ1) is 8.94. The Morgan fingerprint density at radius 2 is 2.56 bits per heavy atom. The summed E-state index contributed by atoms with van der Waals surface area (Å²) in [7, 11) is 1.50. The monoisotopic (exact) mass is 163 g/mol. The molecule has 0 fully saturated rings. The highest BCUT2D eigenvalue weighted by molar-refractivity contribution is 8.22. The lowest BCUT2D eigenvalue weighted by Gasteiger charge is -2.08. The first-order valence-corrected chi connectivity index (χ1v) is 3.78. The predicted molar refractivity (Wildman–Crippen MR) is 44.8 cm³/mol. The molecule has 52 valence electrons. The summed E-state index contributed by atoms with van der Waals surface area (Å²) in [5.74, 6) is 0.740. The third-order valence-corrected chi connectivity index (χ3v) is 2.12. The van der Waals surface area contributed by atoms with Crippen molar-refractivity contribution in [2.24, 2.45) is 0 Å². The highest BCUT2D eigenvalue weighted by atomic mass is 32.2. The minimum absolute atomic E-state index is 0.468. The van der Waals surface area contributed by atoms with Crippen LogP contribution in [0.4, 0.5) is 0 Å². The van der Waals surface area contributed by atoms with E-state index in [-0.39, 0.29) is 0 Å². The smallest absolute Gasteiger partial charge is 0.160 e. The second kappa shape index (κ2) is 4.78. The first-order chi connectivity index (χ1) is 4.18. The maximum atomic E-state index is 8.68. The van der Waals surface area contributed by atoms with E-state index in [0.29, 0.717) is 4.32 Å². The van der Waals surface area contributed by atoms with Crippen molar-refractivity contribution in [1.82, 2.24) is 5.06 Å². The molecule has 0 unspecified atom stereocenters. The molecule has 0 rings (SSSR count). The van der Waals surface area contributed by atoms with E-state index in [0.717, 1.165) is 10.8 Å². The fraction of sp³-hybridized carbons (Fsp3) is 0.400. The quantitative estimate of drug-likeness (QED) is 0.379. The lowest BCUT2D eigenvalue weighted by molar-refractivity contribution is 0.0205. The standard InChI is InChI=1S/C5H9NOS2/c1-3-4-9-5(8)6(2)7/h3,7H,1,4H2,2H3. The molecule has 2 nitrogen and oxygen atoms in total. The molecule has 0 saturated carbocycles. The van der Waals surface area contributed by atoms with E-state index in [4.69, 9.17) is 17.4 Å². The fourth-order valence-corrected chi connectivity index (χ4v) is 0.875. The highest BCUT2D eigenvalue weighted by Gasteiger charge is 1.97. The molecule has 0 saturated heterocycles. The average molecular weight is 163 g/mol. The number of hydrogen-bond acceptors (Lipinski definition) is 3. The molecule has 9 heavy (non-hydrogen) atoms. The van der Waals surface area contributed by atoms with Crippen LogP contribution in [0.2, 0.25) is 0 Å². The van der Waals surface area contributed by atoms with Gasteiger partial charge in [-0.05, 0) is 0 Å². The molecule has 4 heteroatoms. The van der Waals surface area contributed by atoms with Crippen molar-refractivity contribution in [3.8, 4) is 0 Å². The van der Waals surface area contributed by atoms with Gasteiger partial charge in [-0.25, -0.2) is 5.06 Å². The summed E-state index contributed by atoms with van der Waals surface area (Å²) in [5, 5.41) is 9.60. The predicted octanol–water partition coefficient (Wildman–Crippen LogP) is 1.51. The number of thioether (sulfide) groups is 1. The van der Waals surface area contributed by atoms with Gasteiger partial charge < -0.3 is 0 Å². The van der Waals surface area contributed by atoms with Crippen LogP contribution in [-0.4, -0.2) is 27.4 Å². The van der Waals surface area contributed by atoms with Crippen molar-refractivity contribution in [2.45, 2.75) is 0 Å². The number of hydroxylamine groups is 2. The van der Waals surface area contributed by atoms with Crippen LogP contribution in [0.25, 0.3) is 0 Å². The zero-order valence-corrected chi connectivity index (χ0v) is 6.84. The van der Waals surface area contributed by atoms with Crippen LogP contribution in [0, 0.1) is 0 Å². The minimum atomic E-state index is 0.468. The second-order valence-electron chi connectivity index (χ2n) is 1.39. The third-order valence-electron chi connectivity index (χ3n) is 0.589. The van der Waals surface area contributed by atoms with Crippen LogP contribution >= 0.6 is 24.0 Å². The summed E-state index contributed by atoms with van der Waals surface area (Å²) < 4.78 is 0.468. The Labute approximate surface area is 64.5 Å². The Hall–Kier alpha value is -0.0600. The first-order valence-electron chi connectivity index (χ1n) is 2.38. The molecule has 0 aliphatic heterocycles. The number of hydrogen-bond donors (Lipinski definition) is 1. The van der Waals surface area contributed by atoms with Gasteiger partial charge in [0.1, 0.15) is 0 Å². The van der Waals surface area contributed by atoms with Gasteiger partial charge in [-0.3, -0.25) is 5.21 Å². The van der Waals surface area contributed by atoms with Crippen molar-refractivity contribution in [2.75, 3.05) is 12.8 Å². The molecule has 0 bridgehead atoms. The molecule has 0 spiro atoms. The zero-order chi connectivity index (χ0) is 7.28. The van der Waals surface area contributed by atoms with Crippen molar-refractivity contribution < 1.29 is 5.21 Å². The van der Waals surface area contributed by atoms with Crippen molar-refractivity contribution >= 4 is 28.3 Å². The van der Waals surface area contributed by atoms with E-state index in [2.05, 4.69) is 6.58 Å². The van der Waals surface area contributed by atoms with E-state index >= 15 is 0 Å². The summed E-state index contributed by atoms with van der Waals surface area (Å²) in [4.78, 5) is 0. The topological polar surface area (TPSA) is 23.5 Å². The molecular weight excluding hydrogens is 154 g/mol. The molecular formula is C5H9NOS2. The fourth-order valence-electron chi connectivity index (χ4n) is 0.224. The molecule has 0 aromatic carbocycles. The van der Waals surface area contributed by atoms with Crippen LogP contribution < -0.4 is 0 Å². The van der Waals surface area contributed by atoms with E-state index in [1.807, 2.05) is 0 Å². The minimum Gasteiger partial charge on any atom is -0.287 e. The molecule has 0 aromatic rings. The van der Waals surface area contributed by atoms with Gasteiger partial charge in [0.25, 0.3) is 0 Å². The summed E-state index contributed by atoms with van der Waals surface area (Å²) in [6, 6.07) is 0. The van der Waals surface area contributed by atoms with Gasteiger partial charge in [-0.1, -0.05) is 30.1 Å². The SMILES string of the molecule is C=CCSC(=S)N(C)O. The maximum absolute atomic E-state index is 8.68. The van der Waals surface area contributed by atoms with Crippen molar-refractivity contribution in [3.63, 3.8) is 0 Å². The Morgan fingerprint density at radius 3 is 2.89 bits per heavy atom. The summed E-state index contributed by atoms with van der Waals surface area (Å²) in [6.45, 7) is 3.51. The normalized spacial score (nSPS) is 8.67. The van der Waals surface area contributed by atoms with Gasteiger partial charge >= 0.3 is 0 Å². The third kappa shape index (κ3) is 4.44. The molecule has 0 atom stereocenters. The van der Waals surface area contributed by atoms with Crippen LogP contribution in [0.5, 0.6) is 0 Å². The Morgan fingerprint density at radius 1 is 2.00 bits per heavy atom. The van der Waals surface area contributed by atoms with Crippen LogP contribution in [0.1, 0.15) is 0 Å². The largest absolute Gasteiger partial charge is 0.287 e. The summed E-state index contributed by atoms with van der Waals surface area (Å²) in [6.07, 6.45) is 1.74. The van der Waals surface area contributed by atoms with Crippen molar-refractivity contribution in [1.29, 1.82) is 0 Å². The van der Waals surface area contributed by atoms with Crippen LogP contribution in [0.15, 0.2) is 12.7 Å². The molecule has 0 heterocycles. The van der Waals surface area contributed by atoms with Gasteiger partial charge in [0, 0.05) is 12.8 Å². The van der Waals surface area contributed by atoms with E-state index < -0.39 is 0 Å². The number of rotatable bonds is 2. The molecule has 0 aromatic heterocycles. The summed E-state index contributed by atoms with van der Waals surface area (Å²) in [5.41, 5.74) is 0. The van der Waals surface area contributed by atoms with Crippen LogP contribution in [-0.2, 0) is 0 Å². The maximum Gasteiger partial charge on any atom is 0.160 e. The van der Waals surface area contributed by atoms with Gasteiger partial charge in [-0.2, -0.15) is 0 Å². The number of nitrogens with zero attached hydrogens (tertiary/aromatic N) is 1. The van der Waals surface area contributed by atoms with E-state index in [9.17, 15) is 0 Å². The Bertz CT molecular complexity index is 114. The average Bonchev–Trinajstić information content (AvgIpc) is 1.82. The zero-order valence-electron chi connectivity index (χ0n) is 5.20. The molecule has 0 amide bonds. The van der Waals surface area contributed by atoms with Crippen molar-refractivity contribution in [3.05, 3.63) is 12.7 Å². The lowest BCUT2D eigenvalue weighted by atomic mass is 10.8. The highest BCUT2D eigenvalue weighted by Crippen LogP contribution is 2.04. The van der Waals surface area contributed by atoms with E-state index in [1.165, 1.54) is 18.8 Å².